The van der Waals surface area contributed by atoms with Crippen molar-refractivity contribution in [2.75, 3.05) is 12.9 Å². The van der Waals surface area contributed by atoms with Crippen molar-refractivity contribution in [3.8, 4) is 11.4 Å². The van der Waals surface area contributed by atoms with Gasteiger partial charge in [0.2, 0.25) is 0 Å². The van der Waals surface area contributed by atoms with Crippen molar-refractivity contribution in [3.63, 3.8) is 0 Å². The number of fused-ring (bicyclic) bond motifs is 1. The highest BCUT2D eigenvalue weighted by Crippen LogP contribution is 2.23. The second-order valence-electron chi connectivity index (χ2n) is 4.86. The molecule has 2 aromatic heterocycles. The number of aromatic nitrogens is 3. The van der Waals surface area contributed by atoms with E-state index in [4.69, 9.17) is 0 Å². The molecule has 3 aromatic rings. The van der Waals surface area contributed by atoms with Gasteiger partial charge in [-0.05, 0) is 36.8 Å². The normalized spacial score (nSPS) is 10.8. The van der Waals surface area contributed by atoms with Gasteiger partial charge in [0.25, 0.3) is 0 Å². The van der Waals surface area contributed by atoms with Crippen molar-refractivity contribution >= 4 is 28.8 Å². The highest BCUT2D eigenvalue weighted by Gasteiger charge is 2.07. The summed E-state index contributed by atoms with van der Waals surface area (Å²) in [5.74, 6) is 0.786. The lowest BCUT2D eigenvalue weighted by Crippen LogP contribution is -2.03. The average Bonchev–Trinajstić information content (AvgIpc) is 2.96. The smallest absolute Gasteiger partial charge is 0.316 e. The zero-order valence-electron chi connectivity index (χ0n) is 12.3. The molecule has 1 aromatic carbocycles. The first-order valence-electron chi connectivity index (χ1n) is 6.78. The number of methoxy groups -OCH3 is 1. The predicted molar refractivity (Wildman–Crippen MR) is 86.8 cm³/mol. The summed E-state index contributed by atoms with van der Waals surface area (Å²) in [5.41, 5.74) is 4.05. The molecule has 112 valence electrons. The summed E-state index contributed by atoms with van der Waals surface area (Å²) in [5, 5.41) is 0.779. The molecule has 0 amide bonds. The number of hydrogen-bond donors (Lipinski definition) is 1. The van der Waals surface area contributed by atoms with Crippen molar-refractivity contribution in [2.45, 2.75) is 11.9 Å². The lowest BCUT2D eigenvalue weighted by molar-refractivity contribution is -0.137. The van der Waals surface area contributed by atoms with E-state index in [2.05, 4.69) is 32.7 Å². The SMILES string of the molecule is COC(=O)CSc1ccc(-c2nc3ccc(C)cc3[nH]2)cn1. The molecule has 2 heterocycles. The fourth-order valence-corrected chi connectivity index (χ4v) is 2.73. The quantitative estimate of drug-likeness (QED) is 0.592. The fraction of sp³-hybridized carbons (Fsp3) is 0.188. The molecule has 0 unspecified atom stereocenters. The molecule has 0 saturated carbocycles. The van der Waals surface area contributed by atoms with Gasteiger partial charge in [-0.1, -0.05) is 17.8 Å². The van der Waals surface area contributed by atoms with Crippen molar-refractivity contribution < 1.29 is 9.53 Å². The Labute approximate surface area is 132 Å². The van der Waals surface area contributed by atoms with Gasteiger partial charge in [0.1, 0.15) is 5.82 Å². The molecule has 0 aliphatic heterocycles. The van der Waals surface area contributed by atoms with E-state index in [9.17, 15) is 4.79 Å². The van der Waals surface area contributed by atoms with Crippen molar-refractivity contribution in [1.82, 2.24) is 15.0 Å². The van der Waals surface area contributed by atoms with Crippen LogP contribution in [-0.2, 0) is 9.53 Å². The van der Waals surface area contributed by atoms with Crippen molar-refractivity contribution in [3.05, 3.63) is 42.1 Å². The maximum atomic E-state index is 11.1. The average molecular weight is 313 g/mol. The van der Waals surface area contributed by atoms with E-state index >= 15 is 0 Å². The third-order valence-electron chi connectivity index (χ3n) is 3.21. The van der Waals surface area contributed by atoms with Gasteiger partial charge >= 0.3 is 5.97 Å². The predicted octanol–water partition coefficient (Wildman–Crippen LogP) is 3.20. The Morgan fingerprint density at radius 3 is 2.91 bits per heavy atom. The number of ether oxygens (including phenoxy) is 1. The van der Waals surface area contributed by atoms with Crippen LogP contribution in [0.5, 0.6) is 0 Å². The number of pyridine rings is 1. The lowest BCUT2D eigenvalue weighted by Gasteiger charge is -2.01. The largest absolute Gasteiger partial charge is 0.468 e. The summed E-state index contributed by atoms with van der Waals surface area (Å²) in [4.78, 5) is 23.3. The summed E-state index contributed by atoms with van der Waals surface area (Å²) < 4.78 is 4.61. The van der Waals surface area contributed by atoms with E-state index in [1.165, 1.54) is 24.4 Å². The third kappa shape index (κ3) is 3.12. The van der Waals surface area contributed by atoms with Gasteiger partial charge in [-0.2, -0.15) is 0 Å². The van der Waals surface area contributed by atoms with Crippen LogP contribution in [0.4, 0.5) is 0 Å². The Morgan fingerprint density at radius 2 is 2.18 bits per heavy atom. The maximum absolute atomic E-state index is 11.1. The molecule has 0 aliphatic rings. The molecule has 5 nitrogen and oxygen atoms in total. The van der Waals surface area contributed by atoms with Gasteiger partial charge in [-0.15, -0.1) is 0 Å². The van der Waals surface area contributed by atoms with Gasteiger partial charge in [0.15, 0.2) is 0 Å². The first-order chi connectivity index (χ1) is 10.7. The first kappa shape index (κ1) is 14.6. The summed E-state index contributed by atoms with van der Waals surface area (Å²) >= 11 is 1.35. The summed E-state index contributed by atoms with van der Waals surface area (Å²) in [6, 6.07) is 9.93. The molecule has 0 spiro atoms. The summed E-state index contributed by atoms with van der Waals surface area (Å²) in [7, 11) is 1.38. The Kier molecular flexibility index (Phi) is 4.11. The fourth-order valence-electron chi connectivity index (χ4n) is 2.06. The van der Waals surface area contributed by atoms with Gasteiger partial charge in [-0.25, -0.2) is 9.97 Å². The van der Waals surface area contributed by atoms with Crippen LogP contribution in [0.15, 0.2) is 41.6 Å². The Bertz CT molecular complexity index is 812. The number of carbonyl (C=O) groups is 1. The monoisotopic (exact) mass is 313 g/mol. The number of carbonyl (C=O) groups excluding carboxylic acids is 1. The van der Waals surface area contributed by atoms with Gasteiger partial charge in [0.05, 0.1) is 28.9 Å². The minimum absolute atomic E-state index is 0.257. The number of nitrogens with one attached hydrogen (secondary N) is 1. The topological polar surface area (TPSA) is 67.9 Å². The summed E-state index contributed by atoms with van der Waals surface area (Å²) in [6.45, 7) is 2.05. The number of nitrogens with zero attached hydrogens (tertiary/aromatic N) is 2. The highest BCUT2D eigenvalue weighted by molar-refractivity contribution is 7.99. The van der Waals surface area contributed by atoms with E-state index < -0.39 is 0 Å². The van der Waals surface area contributed by atoms with E-state index in [1.54, 1.807) is 6.20 Å². The first-order valence-corrected chi connectivity index (χ1v) is 7.76. The number of esters is 1. The minimum atomic E-state index is -0.261. The zero-order valence-corrected chi connectivity index (χ0v) is 13.1. The number of thioether (sulfide) groups is 1. The standard InChI is InChI=1S/C16H15N3O2S/c1-10-3-5-12-13(7-10)19-16(18-12)11-4-6-14(17-8-11)22-9-15(20)21-2/h3-8H,9H2,1-2H3,(H,18,19). The van der Waals surface area contributed by atoms with Crippen LogP contribution in [0, 0.1) is 6.92 Å². The number of H-pyrrole nitrogens is 1. The summed E-state index contributed by atoms with van der Waals surface area (Å²) in [6.07, 6.45) is 1.75. The molecule has 0 radical (unpaired) electrons. The lowest BCUT2D eigenvalue weighted by atomic mass is 10.2. The van der Waals surface area contributed by atoms with Gasteiger partial charge < -0.3 is 9.72 Å². The molecular formula is C16H15N3O2S. The number of rotatable bonds is 4. The molecule has 0 bridgehead atoms. The molecule has 0 saturated heterocycles. The second-order valence-corrected chi connectivity index (χ2v) is 5.85. The minimum Gasteiger partial charge on any atom is -0.468 e. The number of aryl methyl sites for hydroxylation is 1. The number of aromatic amines is 1. The van der Waals surface area contributed by atoms with Crippen LogP contribution < -0.4 is 0 Å². The van der Waals surface area contributed by atoms with Crippen molar-refractivity contribution in [2.24, 2.45) is 0 Å². The molecule has 6 heteroatoms. The van der Waals surface area contributed by atoms with Crippen LogP contribution in [0.3, 0.4) is 0 Å². The van der Waals surface area contributed by atoms with E-state index in [1.807, 2.05) is 24.3 Å². The molecule has 0 atom stereocenters. The highest BCUT2D eigenvalue weighted by atomic mass is 32.2. The van der Waals surface area contributed by atoms with E-state index in [-0.39, 0.29) is 11.7 Å². The van der Waals surface area contributed by atoms with E-state index in [0.29, 0.717) is 0 Å². The Morgan fingerprint density at radius 1 is 1.32 bits per heavy atom. The van der Waals surface area contributed by atoms with Crippen LogP contribution in [0.1, 0.15) is 5.56 Å². The number of benzene rings is 1. The Hall–Kier alpha value is -2.34. The molecule has 3 rings (SSSR count). The van der Waals surface area contributed by atoms with Crippen LogP contribution >= 0.6 is 11.8 Å². The molecule has 22 heavy (non-hydrogen) atoms. The molecule has 0 fully saturated rings. The van der Waals surface area contributed by atoms with E-state index in [0.717, 1.165) is 27.4 Å². The zero-order chi connectivity index (χ0) is 15.5. The van der Waals surface area contributed by atoms with Crippen LogP contribution in [0.2, 0.25) is 0 Å². The van der Waals surface area contributed by atoms with Crippen LogP contribution in [-0.4, -0.2) is 33.8 Å². The van der Waals surface area contributed by atoms with Crippen molar-refractivity contribution in [1.29, 1.82) is 0 Å². The second kappa shape index (κ2) is 6.19. The van der Waals surface area contributed by atoms with Gasteiger partial charge in [-0.3, -0.25) is 4.79 Å². The molecule has 0 aliphatic carbocycles. The van der Waals surface area contributed by atoms with Gasteiger partial charge in [0, 0.05) is 11.8 Å². The number of hydrogen-bond acceptors (Lipinski definition) is 5. The molecular weight excluding hydrogens is 298 g/mol. The van der Waals surface area contributed by atoms with Crippen LogP contribution in [0.25, 0.3) is 22.4 Å². The number of imidazole rings is 1. The maximum Gasteiger partial charge on any atom is 0.316 e. The molecule has 1 N–H and O–H groups in total. The third-order valence-corrected chi connectivity index (χ3v) is 4.13. The Balaban J connectivity index is 1.80.